The van der Waals surface area contributed by atoms with E-state index in [4.69, 9.17) is 0 Å². The Morgan fingerprint density at radius 1 is 1.13 bits per heavy atom. The van der Waals surface area contributed by atoms with Gasteiger partial charge in [0.25, 0.3) is 0 Å². The van der Waals surface area contributed by atoms with Crippen molar-refractivity contribution in [2.24, 2.45) is 5.92 Å². The van der Waals surface area contributed by atoms with E-state index in [1.807, 2.05) is 11.0 Å². The molecular formula is C19H22N8O3S. The van der Waals surface area contributed by atoms with Crippen molar-refractivity contribution in [3.8, 4) is 5.82 Å². The largest absolute Gasteiger partial charge is 0.354 e. The first-order chi connectivity index (χ1) is 14.9. The van der Waals surface area contributed by atoms with Crippen LogP contribution in [0.4, 0.5) is 17.2 Å². The fourth-order valence-electron chi connectivity index (χ4n) is 3.45. The number of carbonyl (C=O) groups is 1. The van der Waals surface area contributed by atoms with Crippen LogP contribution in [0.3, 0.4) is 0 Å². The third kappa shape index (κ3) is 5.34. The van der Waals surface area contributed by atoms with Crippen molar-refractivity contribution in [1.29, 1.82) is 0 Å². The van der Waals surface area contributed by atoms with Gasteiger partial charge < -0.3 is 10.2 Å². The molecule has 162 valence electrons. The van der Waals surface area contributed by atoms with Gasteiger partial charge in [-0.15, -0.1) is 10.2 Å². The highest BCUT2D eigenvalue weighted by atomic mass is 32.2. The first-order valence-electron chi connectivity index (χ1n) is 9.70. The van der Waals surface area contributed by atoms with Gasteiger partial charge in [0.2, 0.25) is 15.9 Å². The lowest BCUT2D eigenvalue weighted by Crippen LogP contribution is -2.41. The number of carbonyl (C=O) groups excluding carboxylic acids is 1. The first kappa shape index (κ1) is 20.7. The smallest absolute Gasteiger partial charge is 0.229 e. The molecule has 0 unspecified atom stereocenters. The molecule has 0 saturated carbocycles. The number of rotatable bonds is 6. The number of benzene rings is 1. The van der Waals surface area contributed by atoms with Crippen molar-refractivity contribution in [2.75, 3.05) is 34.3 Å². The van der Waals surface area contributed by atoms with Crippen LogP contribution in [0.25, 0.3) is 5.82 Å². The third-order valence-corrected chi connectivity index (χ3v) is 5.45. The van der Waals surface area contributed by atoms with Crippen LogP contribution in [0.15, 0.2) is 49.1 Å². The minimum Gasteiger partial charge on any atom is -0.354 e. The lowest BCUT2D eigenvalue weighted by molar-refractivity contribution is -0.120. The predicted octanol–water partition coefficient (Wildman–Crippen LogP) is 1.28. The number of sulfonamides is 1. The van der Waals surface area contributed by atoms with Crippen molar-refractivity contribution < 1.29 is 13.2 Å². The SMILES string of the molecule is CS(=O)(=O)Nc1cccc(NC(=O)[C@H]2CCCN(c3ccc(-n4cncn4)nn3)C2)c1. The van der Waals surface area contributed by atoms with Gasteiger partial charge >= 0.3 is 0 Å². The number of nitrogens with zero attached hydrogens (tertiary/aromatic N) is 6. The molecule has 0 aliphatic carbocycles. The molecule has 0 bridgehead atoms. The van der Waals surface area contributed by atoms with Crippen LogP contribution in [0.2, 0.25) is 0 Å². The topological polar surface area (TPSA) is 135 Å². The molecular weight excluding hydrogens is 420 g/mol. The molecule has 1 aliphatic heterocycles. The van der Waals surface area contributed by atoms with Crippen molar-refractivity contribution in [3.05, 3.63) is 49.1 Å². The Morgan fingerprint density at radius 2 is 1.90 bits per heavy atom. The maximum atomic E-state index is 12.8. The second kappa shape index (κ2) is 8.68. The number of amides is 1. The van der Waals surface area contributed by atoms with Crippen LogP contribution in [-0.4, -0.2) is 58.6 Å². The highest BCUT2D eigenvalue weighted by molar-refractivity contribution is 7.92. The summed E-state index contributed by atoms with van der Waals surface area (Å²) in [6.45, 7) is 1.30. The molecule has 0 radical (unpaired) electrons. The molecule has 0 spiro atoms. The molecule has 31 heavy (non-hydrogen) atoms. The van der Waals surface area contributed by atoms with E-state index in [9.17, 15) is 13.2 Å². The molecule has 12 heteroatoms. The molecule has 1 aliphatic rings. The fraction of sp³-hybridized carbons (Fsp3) is 0.316. The summed E-state index contributed by atoms with van der Waals surface area (Å²) in [5.74, 6) is 0.918. The number of hydrogen-bond donors (Lipinski definition) is 2. The summed E-state index contributed by atoms with van der Waals surface area (Å²) < 4.78 is 26.8. The van der Waals surface area contributed by atoms with E-state index in [2.05, 4.69) is 30.3 Å². The molecule has 1 aromatic carbocycles. The van der Waals surface area contributed by atoms with Crippen LogP contribution in [-0.2, 0) is 14.8 Å². The van der Waals surface area contributed by atoms with Gasteiger partial charge in [-0.05, 0) is 43.2 Å². The lowest BCUT2D eigenvalue weighted by atomic mass is 9.97. The molecule has 4 rings (SSSR count). The van der Waals surface area contributed by atoms with Gasteiger partial charge in [0, 0.05) is 18.8 Å². The van der Waals surface area contributed by atoms with E-state index >= 15 is 0 Å². The monoisotopic (exact) mass is 442 g/mol. The summed E-state index contributed by atoms with van der Waals surface area (Å²) in [6, 6.07) is 10.3. The minimum atomic E-state index is -3.39. The van der Waals surface area contributed by atoms with Crippen LogP contribution in [0, 0.1) is 5.92 Å². The van der Waals surface area contributed by atoms with E-state index in [-0.39, 0.29) is 11.8 Å². The van der Waals surface area contributed by atoms with Gasteiger partial charge in [-0.25, -0.2) is 18.1 Å². The summed E-state index contributed by atoms with van der Waals surface area (Å²) in [6.07, 6.45) is 5.66. The average Bonchev–Trinajstić information content (AvgIpc) is 3.28. The van der Waals surface area contributed by atoms with E-state index in [0.717, 1.165) is 25.6 Å². The highest BCUT2D eigenvalue weighted by Crippen LogP contribution is 2.24. The van der Waals surface area contributed by atoms with E-state index in [1.54, 1.807) is 36.7 Å². The Morgan fingerprint density at radius 3 is 2.61 bits per heavy atom. The Kier molecular flexibility index (Phi) is 5.80. The Balaban J connectivity index is 1.40. The third-order valence-electron chi connectivity index (χ3n) is 4.84. The molecule has 1 amide bonds. The molecule has 1 atom stereocenters. The normalized spacial score (nSPS) is 16.7. The van der Waals surface area contributed by atoms with Gasteiger partial charge in [-0.3, -0.25) is 9.52 Å². The molecule has 1 fully saturated rings. The van der Waals surface area contributed by atoms with E-state index in [1.165, 1.54) is 11.0 Å². The molecule has 2 N–H and O–H groups in total. The number of hydrogen-bond acceptors (Lipinski definition) is 8. The van der Waals surface area contributed by atoms with Gasteiger partial charge in [0.15, 0.2) is 11.6 Å². The van der Waals surface area contributed by atoms with Gasteiger partial charge in [0.05, 0.1) is 17.9 Å². The lowest BCUT2D eigenvalue weighted by Gasteiger charge is -2.32. The maximum absolute atomic E-state index is 12.8. The number of anilines is 3. The van der Waals surface area contributed by atoms with Crippen molar-refractivity contribution in [1.82, 2.24) is 25.0 Å². The highest BCUT2D eigenvalue weighted by Gasteiger charge is 2.27. The second-order valence-corrected chi connectivity index (χ2v) is 9.07. The summed E-state index contributed by atoms with van der Waals surface area (Å²) >= 11 is 0. The molecule has 3 aromatic rings. The van der Waals surface area contributed by atoms with Crippen molar-refractivity contribution in [3.63, 3.8) is 0 Å². The molecule has 11 nitrogen and oxygen atoms in total. The summed E-state index contributed by atoms with van der Waals surface area (Å²) in [5.41, 5.74) is 0.932. The summed E-state index contributed by atoms with van der Waals surface area (Å²) in [4.78, 5) is 18.7. The molecule has 1 saturated heterocycles. The van der Waals surface area contributed by atoms with Crippen LogP contribution in [0.5, 0.6) is 0 Å². The van der Waals surface area contributed by atoms with Gasteiger partial charge in [-0.2, -0.15) is 5.10 Å². The maximum Gasteiger partial charge on any atom is 0.229 e. The summed E-state index contributed by atoms with van der Waals surface area (Å²) in [7, 11) is -3.39. The van der Waals surface area contributed by atoms with E-state index < -0.39 is 10.0 Å². The second-order valence-electron chi connectivity index (χ2n) is 7.32. The Hall–Kier alpha value is -3.54. The minimum absolute atomic E-state index is 0.117. The zero-order chi connectivity index (χ0) is 21.8. The predicted molar refractivity (Wildman–Crippen MR) is 115 cm³/mol. The number of nitrogens with one attached hydrogen (secondary N) is 2. The molecule has 3 heterocycles. The van der Waals surface area contributed by atoms with Crippen LogP contribution < -0.4 is 14.9 Å². The quantitative estimate of drug-likeness (QED) is 0.583. The molecule has 2 aromatic heterocycles. The van der Waals surface area contributed by atoms with Crippen LogP contribution in [0.1, 0.15) is 12.8 Å². The first-order valence-corrected chi connectivity index (χ1v) is 11.6. The van der Waals surface area contributed by atoms with Gasteiger partial charge in [0.1, 0.15) is 12.7 Å². The zero-order valence-corrected chi connectivity index (χ0v) is 17.7. The standard InChI is InChI=1S/C19H22N8O3S/c1-31(29,30)25-16-6-2-5-15(10-16)22-19(28)14-4-3-9-26(11-14)17-7-8-18(24-23-17)27-13-20-12-21-27/h2,5-8,10,12-14,25H,3-4,9,11H2,1H3,(H,22,28)/t14-/m0/s1. The van der Waals surface area contributed by atoms with Gasteiger partial charge in [-0.1, -0.05) is 6.07 Å². The van der Waals surface area contributed by atoms with Crippen molar-refractivity contribution in [2.45, 2.75) is 12.8 Å². The average molecular weight is 443 g/mol. The van der Waals surface area contributed by atoms with E-state index in [0.29, 0.717) is 29.6 Å². The number of piperidine rings is 1. The van der Waals surface area contributed by atoms with Crippen molar-refractivity contribution >= 4 is 33.1 Å². The fourth-order valence-corrected chi connectivity index (χ4v) is 4.01. The van der Waals surface area contributed by atoms with Crippen LogP contribution >= 0.6 is 0 Å². The summed E-state index contributed by atoms with van der Waals surface area (Å²) in [5, 5.41) is 15.4. The zero-order valence-electron chi connectivity index (χ0n) is 16.8. The Labute approximate surface area is 179 Å². The Bertz CT molecular complexity index is 1150. The number of aromatic nitrogens is 5.